The molecule has 6 heteroatoms. The van der Waals surface area contributed by atoms with Crippen molar-refractivity contribution in [1.82, 2.24) is 4.90 Å². The Morgan fingerprint density at radius 2 is 2.15 bits per heavy atom. The predicted molar refractivity (Wildman–Crippen MR) is 73.7 cm³/mol. The monoisotopic (exact) mass is 276 g/mol. The van der Waals surface area contributed by atoms with Gasteiger partial charge in [0.25, 0.3) is 5.69 Å². The van der Waals surface area contributed by atoms with Gasteiger partial charge in [0, 0.05) is 37.3 Å². The van der Waals surface area contributed by atoms with Crippen molar-refractivity contribution in [3.63, 3.8) is 0 Å². The van der Waals surface area contributed by atoms with Gasteiger partial charge >= 0.3 is 0 Å². The summed E-state index contributed by atoms with van der Waals surface area (Å²) in [5.41, 5.74) is 1.12. The van der Waals surface area contributed by atoms with Crippen LogP contribution in [-0.4, -0.2) is 41.9 Å². The lowest BCUT2D eigenvalue weighted by atomic mass is 10.0. The second-order valence-corrected chi connectivity index (χ2v) is 4.56. The second kappa shape index (κ2) is 6.40. The average molecular weight is 276 g/mol. The summed E-state index contributed by atoms with van der Waals surface area (Å²) in [6.45, 7) is 6.75. The van der Waals surface area contributed by atoms with Crippen molar-refractivity contribution >= 4 is 11.5 Å². The molecule has 1 aliphatic rings. The molecule has 20 heavy (non-hydrogen) atoms. The first-order valence-corrected chi connectivity index (χ1v) is 6.36. The van der Waals surface area contributed by atoms with Gasteiger partial charge in [-0.3, -0.25) is 19.8 Å². The number of rotatable bonds is 5. The summed E-state index contributed by atoms with van der Waals surface area (Å²) < 4.78 is 5.27. The standard InChI is InChI=1S/C14H16N2O4/c1-2-14(17)13-4-3-12(16(18)19)9-11(13)10-15-5-7-20-8-6-15/h2-4,9H,1,5-8,10H2. The summed E-state index contributed by atoms with van der Waals surface area (Å²) in [5, 5.41) is 10.9. The van der Waals surface area contributed by atoms with Crippen molar-refractivity contribution in [2.24, 2.45) is 0 Å². The van der Waals surface area contributed by atoms with Crippen molar-refractivity contribution in [2.75, 3.05) is 26.3 Å². The van der Waals surface area contributed by atoms with Gasteiger partial charge in [0.1, 0.15) is 0 Å². The molecule has 106 valence electrons. The van der Waals surface area contributed by atoms with Crippen molar-refractivity contribution in [2.45, 2.75) is 6.54 Å². The third-order valence-corrected chi connectivity index (χ3v) is 3.25. The van der Waals surface area contributed by atoms with Crippen LogP contribution >= 0.6 is 0 Å². The number of ether oxygens (including phenoxy) is 1. The molecule has 0 radical (unpaired) electrons. The minimum absolute atomic E-state index is 0.00567. The highest BCUT2D eigenvalue weighted by Crippen LogP contribution is 2.21. The highest BCUT2D eigenvalue weighted by molar-refractivity contribution is 6.05. The van der Waals surface area contributed by atoms with Gasteiger partial charge in [0.05, 0.1) is 18.1 Å². The molecule has 6 nitrogen and oxygen atoms in total. The molecular formula is C14H16N2O4. The number of nitrogens with zero attached hydrogens (tertiary/aromatic N) is 2. The minimum atomic E-state index is -0.453. The molecule has 1 fully saturated rings. The fourth-order valence-electron chi connectivity index (χ4n) is 2.18. The average Bonchev–Trinajstić information content (AvgIpc) is 2.47. The first-order valence-electron chi connectivity index (χ1n) is 6.36. The smallest absolute Gasteiger partial charge is 0.269 e. The normalized spacial score (nSPS) is 15.8. The summed E-state index contributed by atoms with van der Waals surface area (Å²) in [6.07, 6.45) is 1.23. The summed E-state index contributed by atoms with van der Waals surface area (Å²) in [4.78, 5) is 24.3. The van der Waals surface area contributed by atoms with Gasteiger partial charge in [0.2, 0.25) is 0 Å². The molecule has 0 aromatic heterocycles. The zero-order chi connectivity index (χ0) is 14.5. The maximum absolute atomic E-state index is 11.8. The maximum atomic E-state index is 11.8. The third-order valence-electron chi connectivity index (χ3n) is 3.25. The van der Waals surface area contributed by atoms with E-state index < -0.39 is 4.92 Å². The van der Waals surface area contributed by atoms with E-state index >= 15 is 0 Å². The molecule has 1 heterocycles. The molecule has 1 aromatic carbocycles. The van der Waals surface area contributed by atoms with Crippen molar-refractivity contribution in [1.29, 1.82) is 0 Å². The Hall–Kier alpha value is -2.05. The van der Waals surface area contributed by atoms with E-state index in [4.69, 9.17) is 4.74 Å². The number of carbonyl (C=O) groups excluding carboxylic acids is 1. The number of non-ortho nitro benzene ring substituents is 1. The molecule has 0 N–H and O–H groups in total. The number of morpholine rings is 1. The fourth-order valence-corrected chi connectivity index (χ4v) is 2.18. The Bertz CT molecular complexity index is 536. The summed E-state index contributed by atoms with van der Waals surface area (Å²) in [7, 11) is 0. The lowest BCUT2D eigenvalue weighted by Crippen LogP contribution is -2.36. The van der Waals surface area contributed by atoms with Crippen LogP contribution < -0.4 is 0 Å². The van der Waals surface area contributed by atoms with E-state index in [0.29, 0.717) is 30.9 Å². The van der Waals surface area contributed by atoms with Crippen LogP contribution in [0.25, 0.3) is 0 Å². The molecule has 0 bridgehead atoms. The number of carbonyl (C=O) groups is 1. The molecule has 0 aliphatic carbocycles. The maximum Gasteiger partial charge on any atom is 0.269 e. The molecule has 0 spiro atoms. The van der Waals surface area contributed by atoms with Crippen LogP contribution in [0.3, 0.4) is 0 Å². The van der Waals surface area contributed by atoms with E-state index in [2.05, 4.69) is 11.5 Å². The van der Waals surface area contributed by atoms with Gasteiger partial charge in [-0.25, -0.2) is 0 Å². The van der Waals surface area contributed by atoms with Crippen LogP contribution in [0.1, 0.15) is 15.9 Å². The number of nitro benzene ring substituents is 1. The predicted octanol–water partition coefficient (Wildman–Crippen LogP) is 1.80. The van der Waals surface area contributed by atoms with Gasteiger partial charge in [-0.2, -0.15) is 0 Å². The largest absolute Gasteiger partial charge is 0.379 e. The van der Waals surface area contributed by atoms with E-state index in [1.54, 1.807) is 0 Å². The van der Waals surface area contributed by atoms with E-state index in [1.807, 2.05) is 0 Å². The highest BCUT2D eigenvalue weighted by Gasteiger charge is 2.18. The zero-order valence-electron chi connectivity index (χ0n) is 11.1. The number of hydrogen-bond donors (Lipinski definition) is 0. The number of hydrogen-bond acceptors (Lipinski definition) is 5. The van der Waals surface area contributed by atoms with Crippen molar-refractivity contribution < 1.29 is 14.5 Å². The van der Waals surface area contributed by atoms with Gasteiger partial charge in [-0.15, -0.1) is 0 Å². The SMILES string of the molecule is C=CC(=O)c1ccc([N+](=O)[O-])cc1CN1CCOCC1. The lowest BCUT2D eigenvalue weighted by Gasteiger charge is -2.27. The molecule has 0 unspecified atom stereocenters. The molecular weight excluding hydrogens is 260 g/mol. The van der Waals surface area contributed by atoms with Crippen LogP contribution in [0.15, 0.2) is 30.9 Å². The van der Waals surface area contributed by atoms with Gasteiger partial charge in [0.15, 0.2) is 5.78 Å². The molecule has 0 saturated carbocycles. The Morgan fingerprint density at radius 3 is 2.75 bits per heavy atom. The zero-order valence-corrected chi connectivity index (χ0v) is 11.1. The number of benzene rings is 1. The van der Waals surface area contributed by atoms with Crippen molar-refractivity contribution in [3.8, 4) is 0 Å². The number of ketones is 1. The van der Waals surface area contributed by atoms with Crippen LogP contribution in [0.4, 0.5) is 5.69 Å². The minimum Gasteiger partial charge on any atom is -0.379 e. The molecule has 0 atom stereocenters. The molecule has 1 aliphatic heterocycles. The second-order valence-electron chi connectivity index (χ2n) is 4.56. The third kappa shape index (κ3) is 3.28. The molecule has 1 aromatic rings. The molecule has 2 rings (SSSR count). The fraction of sp³-hybridized carbons (Fsp3) is 0.357. The molecule has 0 amide bonds. The summed E-state index contributed by atoms with van der Waals surface area (Å²) in [6, 6.07) is 4.31. The number of nitro groups is 1. The van der Waals surface area contributed by atoms with E-state index in [0.717, 1.165) is 13.1 Å². The van der Waals surface area contributed by atoms with Gasteiger partial charge < -0.3 is 4.74 Å². The Balaban J connectivity index is 2.30. The van der Waals surface area contributed by atoms with Crippen LogP contribution in [0.5, 0.6) is 0 Å². The Kier molecular flexibility index (Phi) is 4.60. The highest BCUT2D eigenvalue weighted by atomic mass is 16.6. The lowest BCUT2D eigenvalue weighted by molar-refractivity contribution is -0.384. The van der Waals surface area contributed by atoms with Crippen LogP contribution in [0.2, 0.25) is 0 Å². The first kappa shape index (κ1) is 14.4. The van der Waals surface area contributed by atoms with Gasteiger partial charge in [-0.05, 0) is 17.7 Å². The van der Waals surface area contributed by atoms with Gasteiger partial charge in [-0.1, -0.05) is 6.58 Å². The van der Waals surface area contributed by atoms with E-state index in [1.165, 1.54) is 24.3 Å². The Morgan fingerprint density at radius 1 is 1.45 bits per heavy atom. The van der Waals surface area contributed by atoms with E-state index in [-0.39, 0.29) is 11.5 Å². The van der Waals surface area contributed by atoms with E-state index in [9.17, 15) is 14.9 Å². The Labute approximate surface area is 116 Å². The summed E-state index contributed by atoms with van der Waals surface area (Å²) in [5.74, 6) is -0.219. The summed E-state index contributed by atoms with van der Waals surface area (Å²) >= 11 is 0. The van der Waals surface area contributed by atoms with Crippen molar-refractivity contribution in [3.05, 3.63) is 52.1 Å². The first-order chi connectivity index (χ1) is 9.61. The molecule has 1 saturated heterocycles. The number of allylic oxidation sites excluding steroid dienone is 1. The quantitative estimate of drug-likeness (QED) is 0.355. The van der Waals surface area contributed by atoms with Crippen LogP contribution in [-0.2, 0) is 11.3 Å². The topological polar surface area (TPSA) is 72.7 Å². The van der Waals surface area contributed by atoms with Crippen LogP contribution in [0, 0.1) is 10.1 Å².